The lowest BCUT2D eigenvalue weighted by Gasteiger charge is -2.37. The maximum absolute atomic E-state index is 12.8. The van der Waals surface area contributed by atoms with Crippen molar-refractivity contribution < 1.29 is 19.1 Å². The van der Waals surface area contributed by atoms with E-state index in [0.717, 1.165) is 70.9 Å². The smallest absolute Gasteiger partial charge is 0.310 e. The lowest BCUT2D eigenvalue weighted by molar-refractivity contribution is -0.151. The number of nitrogens with zero attached hydrogens (tertiary/aromatic N) is 3. The first-order chi connectivity index (χ1) is 14.6. The molecule has 1 aromatic rings. The molecule has 2 fully saturated rings. The first-order valence-electron chi connectivity index (χ1n) is 11.3. The van der Waals surface area contributed by atoms with Gasteiger partial charge in [-0.1, -0.05) is 12.1 Å². The lowest BCUT2D eigenvalue weighted by atomic mass is 9.98. The fraction of sp³-hybridized carbons (Fsp3) is 0.652. The van der Waals surface area contributed by atoms with Crippen LogP contribution in [0.2, 0.25) is 0 Å². The van der Waals surface area contributed by atoms with Crippen LogP contribution in [-0.2, 0) is 27.3 Å². The third-order valence-corrected chi connectivity index (χ3v) is 6.38. The fourth-order valence-corrected chi connectivity index (χ4v) is 4.65. The Kier molecular flexibility index (Phi) is 6.89. The van der Waals surface area contributed by atoms with E-state index in [0.29, 0.717) is 19.7 Å². The Balaban J connectivity index is 1.21. The minimum Gasteiger partial charge on any atom is -0.493 e. The molecule has 7 nitrogen and oxygen atoms in total. The number of hydrogen-bond donors (Lipinski definition) is 0. The van der Waals surface area contributed by atoms with Gasteiger partial charge in [-0.3, -0.25) is 19.4 Å². The number of carbonyl (C=O) groups excluding carboxylic acids is 2. The predicted molar refractivity (Wildman–Crippen MR) is 113 cm³/mol. The Morgan fingerprint density at radius 1 is 1.13 bits per heavy atom. The molecule has 1 amide bonds. The summed E-state index contributed by atoms with van der Waals surface area (Å²) in [5.74, 6) is 0.833. The minimum atomic E-state index is -0.169. The van der Waals surface area contributed by atoms with E-state index in [4.69, 9.17) is 9.47 Å². The third kappa shape index (κ3) is 5.13. The van der Waals surface area contributed by atoms with E-state index in [-0.39, 0.29) is 17.8 Å². The Labute approximate surface area is 178 Å². The Morgan fingerprint density at radius 3 is 2.73 bits per heavy atom. The number of amides is 1. The quantitative estimate of drug-likeness (QED) is 0.657. The van der Waals surface area contributed by atoms with Gasteiger partial charge in [0.25, 0.3) is 0 Å². The van der Waals surface area contributed by atoms with Gasteiger partial charge < -0.3 is 14.4 Å². The number of fused-ring (bicyclic) bond motifs is 1. The molecule has 0 aromatic heterocycles. The van der Waals surface area contributed by atoms with Crippen molar-refractivity contribution in [2.24, 2.45) is 5.92 Å². The summed E-state index contributed by atoms with van der Waals surface area (Å²) >= 11 is 0. The summed E-state index contributed by atoms with van der Waals surface area (Å²) in [7, 11) is 0. The van der Waals surface area contributed by atoms with Crippen molar-refractivity contribution in [2.45, 2.75) is 32.7 Å². The minimum absolute atomic E-state index is 0.135. The Morgan fingerprint density at radius 2 is 1.93 bits per heavy atom. The van der Waals surface area contributed by atoms with Crippen molar-refractivity contribution in [2.75, 3.05) is 59.0 Å². The van der Waals surface area contributed by atoms with Crippen molar-refractivity contribution in [3.63, 3.8) is 0 Å². The van der Waals surface area contributed by atoms with Crippen LogP contribution in [0.1, 0.15) is 30.9 Å². The highest BCUT2D eigenvalue weighted by atomic mass is 16.5. The first kappa shape index (κ1) is 21.1. The molecule has 30 heavy (non-hydrogen) atoms. The average Bonchev–Trinajstić information content (AvgIpc) is 3.23. The summed E-state index contributed by atoms with van der Waals surface area (Å²) < 4.78 is 10.7. The molecule has 1 unspecified atom stereocenters. The van der Waals surface area contributed by atoms with E-state index in [1.165, 1.54) is 11.1 Å². The zero-order valence-electron chi connectivity index (χ0n) is 18.0. The molecular weight excluding hydrogens is 382 g/mol. The van der Waals surface area contributed by atoms with E-state index in [2.05, 4.69) is 28.0 Å². The van der Waals surface area contributed by atoms with Gasteiger partial charge in [0.1, 0.15) is 5.75 Å². The molecule has 3 aliphatic rings. The molecule has 0 aliphatic carbocycles. The standard InChI is InChI=1S/C23H33N3O4/c1-2-29-23(28)20-4-3-8-26(16-20)22(27)17-25-11-9-24(10-12-25)15-18-5-6-21-19(14-18)7-13-30-21/h5-6,14,20H,2-4,7-13,15-17H2,1H3. The van der Waals surface area contributed by atoms with Gasteiger partial charge >= 0.3 is 5.97 Å². The molecule has 0 bridgehead atoms. The summed E-state index contributed by atoms with van der Waals surface area (Å²) in [5.41, 5.74) is 2.65. The lowest BCUT2D eigenvalue weighted by Crippen LogP contribution is -2.51. The topological polar surface area (TPSA) is 62.3 Å². The zero-order chi connectivity index (χ0) is 20.9. The van der Waals surface area contributed by atoms with Crippen LogP contribution in [0.3, 0.4) is 0 Å². The Hall–Kier alpha value is -2.12. The maximum Gasteiger partial charge on any atom is 0.310 e. The molecular formula is C23H33N3O4. The molecule has 0 spiro atoms. The number of benzene rings is 1. The van der Waals surface area contributed by atoms with Gasteiger partial charge in [-0.2, -0.15) is 0 Å². The highest BCUT2D eigenvalue weighted by Gasteiger charge is 2.30. The number of likely N-dealkylation sites (tertiary alicyclic amines) is 1. The van der Waals surface area contributed by atoms with Gasteiger partial charge in [0.05, 0.1) is 25.7 Å². The normalized spacial score (nSPS) is 22.4. The van der Waals surface area contributed by atoms with Crippen LogP contribution in [-0.4, -0.2) is 85.6 Å². The van der Waals surface area contributed by atoms with Crippen LogP contribution in [0, 0.1) is 5.92 Å². The number of ether oxygens (including phenoxy) is 2. The number of rotatable bonds is 6. The zero-order valence-corrected chi connectivity index (χ0v) is 18.0. The molecule has 4 rings (SSSR count). The van der Waals surface area contributed by atoms with Crippen LogP contribution in [0.5, 0.6) is 5.75 Å². The van der Waals surface area contributed by atoms with Gasteiger partial charge in [0.2, 0.25) is 5.91 Å². The van der Waals surface area contributed by atoms with Crippen LogP contribution >= 0.6 is 0 Å². The van der Waals surface area contributed by atoms with E-state index in [1.807, 2.05) is 11.8 Å². The van der Waals surface area contributed by atoms with E-state index in [9.17, 15) is 9.59 Å². The van der Waals surface area contributed by atoms with Crippen LogP contribution in [0.4, 0.5) is 0 Å². The predicted octanol–water partition coefficient (Wildman–Crippen LogP) is 1.54. The van der Waals surface area contributed by atoms with E-state index >= 15 is 0 Å². The van der Waals surface area contributed by atoms with Gasteiger partial charge in [-0.05, 0) is 37.0 Å². The number of esters is 1. The number of piperazine rings is 1. The fourth-order valence-electron chi connectivity index (χ4n) is 4.65. The molecule has 164 valence electrons. The van der Waals surface area contributed by atoms with Crippen molar-refractivity contribution >= 4 is 11.9 Å². The number of piperidine rings is 1. The number of carbonyl (C=O) groups is 2. The van der Waals surface area contributed by atoms with Gasteiger partial charge in [0.15, 0.2) is 0 Å². The van der Waals surface area contributed by atoms with E-state index < -0.39 is 0 Å². The van der Waals surface area contributed by atoms with Crippen LogP contribution < -0.4 is 4.74 Å². The summed E-state index contributed by atoms with van der Waals surface area (Å²) in [4.78, 5) is 31.3. The first-order valence-corrected chi connectivity index (χ1v) is 11.3. The Bertz CT molecular complexity index is 761. The van der Waals surface area contributed by atoms with Crippen LogP contribution in [0.15, 0.2) is 18.2 Å². The van der Waals surface area contributed by atoms with Gasteiger partial charge in [-0.25, -0.2) is 0 Å². The number of hydrogen-bond acceptors (Lipinski definition) is 6. The molecule has 0 N–H and O–H groups in total. The van der Waals surface area contributed by atoms with Crippen molar-refractivity contribution in [1.82, 2.24) is 14.7 Å². The molecule has 2 saturated heterocycles. The van der Waals surface area contributed by atoms with Crippen molar-refractivity contribution in [1.29, 1.82) is 0 Å². The third-order valence-electron chi connectivity index (χ3n) is 6.38. The van der Waals surface area contributed by atoms with Crippen molar-refractivity contribution in [3.05, 3.63) is 29.3 Å². The monoisotopic (exact) mass is 415 g/mol. The summed E-state index contributed by atoms with van der Waals surface area (Å²) in [5, 5.41) is 0. The summed E-state index contributed by atoms with van der Waals surface area (Å²) in [6.07, 6.45) is 2.69. The SMILES string of the molecule is CCOC(=O)C1CCCN(C(=O)CN2CCN(Cc3ccc4c(c3)CCO4)CC2)C1. The summed E-state index contributed by atoms with van der Waals surface area (Å²) in [6.45, 7) is 9.37. The second-order valence-corrected chi connectivity index (χ2v) is 8.52. The van der Waals surface area contributed by atoms with E-state index in [1.54, 1.807) is 0 Å². The molecule has 1 aromatic carbocycles. The maximum atomic E-state index is 12.8. The van der Waals surface area contributed by atoms with Crippen LogP contribution in [0.25, 0.3) is 0 Å². The molecule has 1 atom stereocenters. The second-order valence-electron chi connectivity index (χ2n) is 8.52. The average molecular weight is 416 g/mol. The summed E-state index contributed by atoms with van der Waals surface area (Å²) in [6, 6.07) is 6.53. The molecule has 7 heteroatoms. The van der Waals surface area contributed by atoms with Gasteiger partial charge in [0, 0.05) is 52.2 Å². The highest BCUT2D eigenvalue weighted by Crippen LogP contribution is 2.26. The van der Waals surface area contributed by atoms with Gasteiger partial charge in [-0.15, -0.1) is 0 Å². The second kappa shape index (κ2) is 9.79. The molecule has 0 radical (unpaired) electrons. The van der Waals surface area contributed by atoms with Crippen molar-refractivity contribution in [3.8, 4) is 5.75 Å². The molecule has 0 saturated carbocycles. The molecule has 3 aliphatic heterocycles. The highest BCUT2D eigenvalue weighted by molar-refractivity contribution is 5.80. The molecule has 3 heterocycles. The largest absolute Gasteiger partial charge is 0.493 e.